The highest BCUT2D eigenvalue weighted by molar-refractivity contribution is 6.24. The van der Waals surface area contributed by atoms with E-state index in [9.17, 15) is 0 Å². The summed E-state index contributed by atoms with van der Waals surface area (Å²) < 4.78 is 0. The van der Waals surface area contributed by atoms with Gasteiger partial charge in [0.25, 0.3) is 0 Å². The van der Waals surface area contributed by atoms with E-state index in [0.29, 0.717) is 0 Å². The highest BCUT2D eigenvalue weighted by Crippen LogP contribution is 2.36. The molecule has 140 valence electrons. The van der Waals surface area contributed by atoms with Gasteiger partial charge in [0.15, 0.2) is 0 Å². The molecule has 0 N–H and O–H groups in total. The molecule has 6 rings (SSSR count). The van der Waals surface area contributed by atoms with Crippen molar-refractivity contribution < 1.29 is 0 Å². The van der Waals surface area contributed by atoms with Crippen molar-refractivity contribution in [3.63, 3.8) is 0 Å². The molecular formula is C29H19N. The zero-order valence-corrected chi connectivity index (χ0v) is 16.4. The van der Waals surface area contributed by atoms with Gasteiger partial charge < -0.3 is 0 Å². The van der Waals surface area contributed by atoms with Crippen LogP contribution in [0.25, 0.3) is 55.7 Å². The number of hydrogen-bond donors (Lipinski definition) is 0. The molecule has 0 spiro atoms. The zero-order chi connectivity index (χ0) is 19.9. The molecule has 0 aliphatic carbocycles. The average molecular weight is 381 g/mol. The summed E-state index contributed by atoms with van der Waals surface area (Å²) in [5.41, 5.74) is 4.54. The fourth-order valence-electron chi connectivity index (χ4n) is 4.48. The first-order valence-corrected chi connectivity index (χ1v) is 10.2. The smallest absolute Gasteiger partial charge is 0.0707 e. The van der Waals surface area contributed by atoms with Crippen LogP contribution < -0.4 is 0 Å². The van der Waals surface area contributed by atoms with Gasteiger partial charge in [-0.2, -0.15) is 0 Å². The summed E-state index contributed by atoms with van der Waals surface area (Å²) in [7, 11) is 0. The Morgan fingerprint density at radius 2 is 1.20 bits per heavy atom. The second kappa shape index (κ2) is 6.82. The SMILES string of the molecule is C(=C\c1ccc2ccc3cccc4ccc1c2c34)/c1ccccc1-c1ccccn1. The van der Waals surface area contributed by atoms with Crippen molar-refractivity contribution in [1.82, 2.24) is 4.98 Å². The summed E-state index contributed by atoms with van der Waals surface area (Å²) in [5.74, 6) is 0. The second-order valence-electron chi connectivity index (χ2n) is 7.65. The lowest BCUT2D eigenvalue weighted by atomic mass is 9.91. The van der Waals surface area contributed by atoms with Crippen LogP contribution >= 0.6 is 0 Å². The largest absolute Gasteiger partial charge is 0.256 e. The molecule has 1 heteroatoms. The van der Waals surface area contributed by atoms with Crippen molar-refractivity contribution in [2.24, 2.45) is 0 Å². The minimum Gasteiger partial charge on any atom is -0.256 e. The lowest BCUT2D eigenvalue weighted by Gasteiger charge is -2.12. The van der Waals surface area contributed by atoms with Crippen LogP contribution in [0, 0.1) is 0 Å². The van der Waals surface area contributed by atoms with E-state index in [-0.39, 0.29) is 0 Å². The van der Waals surface area contributed by atoms with Crippen molar-refractivity contribution >= 4 is 44.5 Å². The van der Waals surface area contributed by atoms with Gasteiger partial charge in [-0.25, -0.2) is 0 Å². The Balaban J connectivity index is 1.53. The first kappa shape index (κ1) is 16.9. The number of pyridine rings is 1. The monoisotopic (exact) mass is 381 g/mol. The molecule has 1 nitrogen and oxygen atoms in total. The van der Waals surface area contributed by atoms with E-state index in [4.69, 9.17) is 0 Å². The molecule has 0 bridgehead atoms. The topological polar surface area (TPSA) is 12.9 Å². The maximum absolute atomic E-state index is 4.54. The summed E-state index contributed by atoms with van der Waals surface area (Å²) >= 11 is 0. The first-order chi connectivity index (χ1) is 14.9. The van der Waals surface area contributed by atoms with E-state index >= 15 is 0 Å². The zero-order valence-electron chi connectivity index (χ0n) is 16.4. The van der Waals surface area contributed by atoms with Gasteiger partial charge in [-0.15, -0.1) is 0 Å². The Bertz CT molecular complexity index is 1510. The maximum atomic E-state index is 4.54. The van der Waals surface area contributed by atoms with Crippen LogP contribution in [0.15, 0.2) is 103 Å². The van der Waals surface area contributed by atoms with E-state index in [1.165, 1.54) is 43.4 Å². The summed E-state index contributed by atoms with van der Waals surface area (Å²) in [6.45, 7) is 0. The van der Waals surface area contributed by atoms with Gasteiger partial charge in [0.1, 0.15) is 0 Å². The van der Waals surface area contributed by atoms with Gasteiger partial charge in [0.2, 0.25) is 0 Å². The van der Waals surface area contributed by atoms with Crippen LogP contribution in [0.5, 0.6) is 0 Å². The normalized spacial score (nSPS) is 11.9. The summed E-state index contributed by atoms with van der Waals surface area (Å²) in [6, 6.07) is 34.4. The Hall–Kier alpha value is -3.97. The molecule has 30 heavy (non-hydrogen) atoms. The highest BCUT2D eigenvalue weighted by Gasteiger charge is 2.10. The van der Waals surface area contributed by atoms with Gasteiger partial charge in [-0.3, -0.25) is 4.98 Å². The van der Waals surface area contributed by atoms with E-state index < -0.39 is 0 Å². The lowest BCUT2D eigenvalue weighted by Crippen LogP contribution is -1.87. The summed E-state index contributed by atoms with van der Waals surface area (Å²) in [4.78, 5) is 4.54. The Kier molecular flexibility index (Phi) is 3.85. The predicted molar refractivity (Wildman–Crippen MR) is 129 cm³/mol. The van der Waals surface area contributed by atoms with Crippen molar-refractivity contribution in [3.05, 3.63) is 114 Å². The molecule has 1 heterocycles. The van der Waals surface area contributed by atoms with Crippen LogP contribution in [0.4, 0.5) is 0 Å². The molecule has 0 aliphatic heterocycles. The minimum atomic E-state index is 0.994. The highest BCUT2D eigenvalue weighted by atomic mass is 14.7. The average Bonchev–Trinajstić information content (AvgIpc) is 2.82. The predicted octanol–water partition coefficient (Wildman–Crippen LogP) is 7.82. The molecule has 5 aromatic carbocycles. The van der Waals surface area contributed by atoms with E-state index in [0.717, 1.165) is 11.3 Å². The first-order valence-electron chi connectivity index (χ1n) is 10.2. The Morgan fingerprint density at radius 3 is 2.03 bits per heavy atom. The molecule has 0 radical (unpaired) electrons. The van der Waals surface area contributed by atoms with Crippen molar-refractivity contribution in [2.45, 2.75) is 0 Å². The summed E-state index contributed by atoms with van der Waals surface area (Å²) in [5, 5.41) is 7.89. The molecule has 0 aliphatic rings. The van der Waals surface area contributed by atoms with Gasteiger partial charge in [-0.05, 0) is 55.6 Å². The number of nitrogens with zero attached hydrogens (tertiary/aromatic N) is 1. The molecular weight excluding hydrogens is 362 g/mol. The standard InChI is InChI=1S/C29H19N/c1-2-9-25(27-10-3-4-19-30-27)20(6-1)11-12-21-13-14-24-16-15-22-7-5-8-23-17-18-26(21)29(24)28(22)23/h1-19H/b12-11+. The second-order valence-corrected chi connectivity index (χ2v) is 7.65. The molecule has 6 aromatic rings. The van der Waals surface area contributed by atoms with E-state index in [2.05, 4.69) is 102 Å². The van der Waals surface area contributed by atoms with Crippen LogP contribution in [0.2, 0.25) is 0 Å². The third-order valence-corrected chi connectivity index (χ3v) is 5.91. The minimum absolute atomic E-state index is 0.994. The third-order valence-electron chi connectivity index (χ3n) is 5.91. The molecule has 0 amide bonds. The fourth-order valence-corrected chi connectivity index (χ4v) is 4.48. The Morgan fingerprint density at radius 1 is 0.500 bits per heavy atom. The van der Waals surface area contributed by atoms with Crippen molar-refractivity contribution in [2.75, 3.05) is 0 Å². The quantitative estimate of drug-likeness (QED) is 0.225. The fraction of sp³-hybridized carbons (Fsp3) is 0. The number of benzene rings is 5. The van der Waals surface area contributed by atoms with Crippen molar-refractivity contribution in [1.29, 1.82) is 0 Å². The van der Waals surface area contributed by atoms with Crippen LogP contribution in [0.1, 0.15) is 11.1 Å². The van der Waals surface area contributed by atoms with Gasteiger partial charge in [-0.1, -0.05) is 97.1 Å². The molecule has 0 unspecified atom stereocenters. The third kappa shape index (κ3) is 2.67. The number of aromatic nitrogens is 1. The molecule has 0 saturated heterocycles. The Labute approximate surface area is 175 Å². The van der Waals surface area contributed by atoms with Gasteiger partial charge >= 0.3 is 0 Å². The van der Waals surface area contributed by atoms with Gasteiger partial charge in [0.05, 0.1) is 5.69 Å². The van der Waals surface area contributed by atoms with Gasteiger partial charge in [0, 0.05) is 11.8 Å². The molecule has 1 aromatic heterocycles. The number of rotatable bonds is 3. The lowest BCUT2D eigenvalue weighted by molar-refractivity contribution is 1.32. The van der Waals surface area contributed by atoms with Crippen LogP contribution in [-0.2, 0) is 0 Å². The number of hydrogen-bond acceptors (Lipinski definition) is 1. The van der Waals surface area contributed by atoms with E-state index in [1.54, 1.807) is 0 Å². The van der Waals surface area contributed by atoms with Crippen molar-refractivity contribution in [3.8, 4) is 11.3 Å². The summed E-state index contributed by atoms with van der Waals surface area (Å²) in [6.07, 6.45) is 6.28. The molecule has 0 saturated carbocycles. The maximum Gasteiger partial charge on any atom is 0.0707 e. The molecule has 0 fully saturated rings. The van der Waals surface area contributed by atoms with E-state index in [1.807, 2.05) is 18.3 Å². The molecule has 0 atom stereocenters. The van der Waals surface area contributed by atoms with Crippen LogP contribution in [-0.4, -0.2) is 4.98 Å². The van der Waals surface area contributed by atoms with Crippen LogP contribution in [0.3, 0.4) is 0 Å².